The number of aromatic amines is 1. The lowest BCUT2D eigenvalue weighted by molar-refractivity contribution is -0.145. The molecule has 1 heterocycles. The van der Waals surface area contributed by atoms with Gasteiger partial charge in [-0.25, -0.2) is 9.78 Å². The SMILES string of the molecule is CC[C@H](Sc1nc(-c2ccccc2)c(C#N)c(=O)[nH]1)C(=O)N[C@@H](C(=O)OC)c1ccccc1. The van der Waals surface area contributed by atoms with Gasteiger partial charge in [-0.2, -0.15) is 5.26 Å². The molecule has 3 rings (SSSR count). The van der Waals surface area contributed by atoms with Crippen molar-refractivity contribution in [1.82, 2.24) is 15.3 Å². The number of ether oxygens (including phenoxy) is 1. The predicted octanol–water partition coefficient (Wildman–Crippen LogP) is 3.21. The molecule has 0 aliphatic rings. The highest BCUT2D eigenvalue weighted by Crippen LogP contribution is 2.26. The van der Waals surface area contributed by atoms with E-state index in [1.165, 1.54) is 7.11 Å². The lowest BCUT2D eigenvalue weighted by atomic mass is 10.1. The van der Waals surface area contributed by atoms with Crippen molar-refractivity contribution in [3.05, 3.63) is 82.1 Å². The van der Waals surface area contributed by atoms with Crippen LogP contribution in [0, 0.1) is 11.3 Å². The Bertz CT molecular complexity index is 1220. The lowest BCUT2D eigenvalue weighted by Gasteiger charge is -2.20. The van der Waals surface area contributed by atoms with Crippen LogP contribution in [0.5, 0.6) is 0 Å². The van der Waals surface area contributed by atoms with Crippen molar-refractivity contribution in [3.63, 3.8) is 0 Å². The van der Waals surface area contributed by atoms with Crippen molar-refractivity contribution in [2.45, 2.75) is 29.8 Å². The smallest absolute Gasteiger partial charge is 0.333 e. The molecular formula is C24H22N4O4S. The van der Waals surface area contributed by atoms with Crippen molar-refractivity contribution in [2.75, 3.05) is 7.11 Å². The van der Waals surface area contributed by atoms with E-state index in [4.69, 9.17) is 4.74 Å². The van der Waals surface area contributed by atoms with Crippen molar-refractivity contribution in [1.29, 1.82) is 5.26 Å². The largest absolute Gasteiger partial charge is 0.467 e. The van der Waals surface area contributed by atoms with Crippen molar-refractivity contribution in [3.8, 4) is 17.3 Å². The number of rotatable bonds is 8. The molecule has 8 nitrogen and oxygen atoms in total. The Balaban J connectivity index is 1.88. The second-order valence-electron chi connectivity index (χ2n) is 6.96. The van der Waals surface area contributed by atoms with Crippen molar-refractivity contribution < 1.29 is 14.3 Å². The van der Waals surface area contributed by atoms with Crippen LogP contribution < -0.4 is 10.9 Å². The number of H-pyrrole nitrogens is 1. The highest BCUT2D eigenvalue weighted by Gasteiger charge is 2.28. The molecule has 0 saturated carbocycles. The topological polar surface area (TPSA) is 125 Å². The van der Waals surface area contributed by atoms with Gasteiger partial charge in [0.1, 0.15) is 11.6 Å². The molecule has 2 aromatic carbocycles. The molecule has 0 aliphatic carbocycles. The van der Waals surface area contributed by atoms with Gasteiger partial charge in [-0.1, -0.05) is 79.3 Å². The summed E-state index contributed by atoms with van der Waals surface area (Å²) < 4.78 is 4.85. The van der Waals surface area contributed by atoms with E-state index in [-0.39, 0.29) is 16.4 Å². The first kappa shape index (κ1) is 23.8. The number of nitriles is 1. The summed E-state index contributed by atoms with van der Waals surface area (Å²) in [6, 6.07) is 18.6. The molecule has 0 aliphatic heterocycles. The minimum absolute atomic E-state index is 0.0992. The third-order valence-electron chi connectivity index (χ3n) is 4.83. The number of benzene rings is 2. The lowest BCUT2D eigenvalue weighted by Crippen LogP contribution is -2.39. The molecule has 33 heavy (non-hydrogen) atoms. The summed E-state index contributed by atoms with van der Waals surface area (Å²) in [7, 11) is 1.26. The van der Waals surface area contributed by atoms with E-state index < -0.39 is 28.7 Å². The molecular weight excluding hydrogens is 440 g/mol. The third-order valence-corrected chi connectivity index (χ3v) is 6.08. The van der Waals surface area contributed by atoms with Crippen LogP contribution in [-0.2, 0) is 14.3 Å². The molecule has 0 bridgehead atoms. The number of carbonyl (C=O) groups is 2. The van der Waals surface area contributed by atoms with Gasteiger partial charge in [0, 0.05) is 5.56 Å². The number of thioether (sulfide) groups is 1. The summed E-state index contributed by atoms with van der Waals surface area (Å²) >= 11 is 1.06. The fourth-order valence-corrected chi connectivity index (χ4v) is 4.06. The molecule has 2 atom stereocenters. The van der Waals surface area contributed by atoms with E-state index in [0.29, 0.717) is 17.5 Å². The van der Waals surface area contributed by atoms with Crippen molar-refractivity contribution >= 4 is 23.6 Å². The molecule has 168 valence electrons. The van der Waals surface area contributed by atoms with E-state index in [0.717, 1.165) is 11.8 Å². The number of hydrogen-bond donors (Lipinski definition) is 2. The van der Waals surface area contributed by atoms with Crippen LogP contribution in [0.1, 0.15) is 30.5 Å². The first-order valence-corrected chi connectivity index (χ1v) is 11.1. The van der Waals surface area contributed by atoms with E-state index in [9.17, 15) is 19.6 Å². The normalized spacial score (nSPS) is 12.3. The third kappa shape index (κ3) is 5.67. The fraction of sp³-hybridized carbons (Fsp3) is 0.208. The quantitative estimate of drug-likeness (QED) is 0.299. The van der Waals surface area contributed by atoms with Gasteiger partial charge in [-0.3, -0.25) is 9.59 Å². The highest BCUT2D eigenvalue weighted by atomic mass is 32.2. The Morgan fingerprint density at radius 3 is 2.36 bits per heavy atom. The summed E-state index contributed by atoms with van der Waals surface area (Å²) in [5.74, 6) is -0.999. The van der Waals surface area contributed by atoms with Gasteiger partial charge in [0.15, 0.2) is 11.2 Å². The van der Waals surface area contributed by atoms with E-state index in [1.54, 1.807) is 48.5 Å². The number of nitrogens with one attached hydrogen (secondary N) is 2. The fourth-order valence-electron chi connectivity index (χ4n) is 3.15. The number of amides is 1. The summed E-state index contributed by atoms with van der Waals surface area (Å²) in [5, 5.41) is 11.7. The zero-order valence-electron chi connectivity index (χ0n) is 18.1. The molecule has 0 spiro atoms. The minimum Gasteiger partial charge on any atom is -0.467 e. The monoisotopic (exact) mass is 462 g/mol. The minimum atomic E-state index is -0.966. The van der Waals surface area contributed by atoms with Gasteiger partial charge in [-0.15, -0.1) is 0 Å². The Morgan fingerprint density at radius 1 is 1.15 bits per heavy atom. The van der Waals surface area contributed by atoms with Crippen LogP contribution in [0.3, 0.4) is 0 Å². The first-order chi connectivity index (χ1) is 16.0. The Morgan fingerprint density at radius 2 is 1.79 bits per heavy atom. The molecule has 0 saturated heterocycles. The summed E-state index contributed by atoms with van der Waals surface area (Å²) in [4.78, 5) is 44.9. The maximum absolute atomic E-state index is 13.0. The number of esters is 1. The van der Waals surface area contributed by atoms with Crippen LogP contribution in [0.15, 0.2) is 70.6 Å². The second-order valence-corrected chi connectivity index (χ2v) is 8.15. The average molecular weight is 463 g/mol. The first-order valence-electron chi connectivity index (χ1n) is 10.2. The van der Waals surface area contributed by atoms with Crippen LogP contribution in [0.4, 0.5) is 0 Å². The molecule has 1 amide bonds. The van der Waals surface area contributed by atoms with Gasteiger partial charge < -0.3 is 15.0 Å². The van der Waals surface area contributed by atoms with Crippen molar-refractivity contribution in [2.24, 2.45) is 0 Å². The van der Waals surface area contributed by atoms with E-state index in [1.807, 2.05) is 25.1 Å². The number of hydrogen-bond acceptors (Lipinski definition) is 7. The molecule has 9 heteroatoms. The maximum atomic E-state index is 13.0. The Kier molecular flexibility index (Phi) is 8.00. The number of methoxy groups -OCH3 is 1. The summed E-state index contributed by atoms with van der Waals surface area (Å²) in [6.45, 7) is 1.81. The van der Waals surface area contributed by atoms with Crippen LogP contribution >= 0.6 is 11.8 Å². The predicted molar refractivity (Wildman–Crippen MR) is 124 cm³/mol. The standard InChI is InChI=1S/C24H22N4O4S/c1-3-18(22(30)26-20(23(31)32-2)16-12-8-5-9-13-16)33-24-27-19(15-10-6-4-7-11-15)17(14-25)21(29)28-24/h4-13,18,20H,3H2,1-2H3,(H,26,30)(H,27,28,29)/t18-,20+/m0/s1. The van der Waals surface area contributed by atoms with Gasteiger partial charge in [0.25, 0.3) is 5.56 Å². The molecule has 0 unspecified atom stereocenters. The van der Waals surface area contributed by atoms with Gasteiger partial charge in [-0.05, 0) is 12.0 Å². The molecule has 0 radical (unpaired) electrons. The zero-order valence-corrected chi connectivity index (χ0v) is 18.9. The maximum Gasteiger partial charge on any atom is 0.333 e. The van der Waals surface area contributed by atoms with Crippen LogP contribution in [-0.4, -0.2) is 34.2 Å². The number of aromatic nitrogens is 2. The summed E-state index contributed by atoms with van der Waals surface area (Å²) in [5.41, 5.74) is 0.776. The second kappa shape index (κ2) is 11.1. The molecule has 2 N–H and O–H groups in total. The van der Waals surface area contributed by atoms with Crippen LogP contribution in [0.2, 0.25) is 0 Å². The van der Waals surface area contributed by atoms with Gasteiger partial charge in [0.2, 0.25) is 5.91 Å². The van der Waals surface area contributed by atoms with Gasteiger partial charge in [0.05, 0.1) is 18.1 Å². The Hall–Kier alpha value is -3.90. The van der Waals surface area contributed by atoms with E-state index in [2.05, 4.69) is 15.3 Å². The number of nitrogens with zero attached hydrogens (tertiary/aromatic N) is 2. The zero-order chi connectivity index (χ0) is 23.8. The van der Waals surface area contributed by atoms with E-state index >= 15 is 0 Å². The highest BCUT2D eigenvalue weighted by molar-refractivity contribution is 8.00. The average Bonchev–Trinajstić information content (AvgIpc) is 2.85. The Labute approximate surface area is 195 Å². The molecule has 1 aromatic heterocycles. The molecule has 0 fully saturated rings. The van der Waals surface area contributed by atoms with Crippen LogP contribution in [0.25, 0.3) is 11.3 Å². The summed E-state index contributed by atoms with van der Waals surface area (Å²) in [6.07, 6.45) is 0.406. The molecule has 3 aromatic rings. The van der Waals surface area contributed by atoms with Gasteiger partial charge >= 0.3 is 5.97 Å². The number of carbonyl (C=O) groups excluding carboxylic acids is 2.